The van der Waals surface area contributed by atoms with Gasteiger partial charge in [0.15, 0.2) is 5.82 Å². The molecule has 1 N–H and O–H groups in total. The van der Waals surface area contributed by atoms with Gasteiger partial charge in [0.2, 0.25) is 0 Å². The Morgan fingerprint density at radius 3 is 2.77 bits per heavy atom. The lowest BCUT2D eigenvalue weighted by atomic mass is 9.96. The first-order valence-electron chi connectivity index (χ1n) is 7.81. The van der Waals surface area contributed by atoms with Crippen LogP contribution in [0.2, 0.25) is 0 Å². The third-order valence-corrected chi connectivity index (χ3v) is 4.17. The molecular formula is C14H21N7O. The molecule has 8 nitrogen and oxygen atoms in total. The van der Waals surface area contributed by atoms with Crippen LogP contribution >= 0.6 is 0 Å². The number of hydrogen-bond donors (Lipinski definition) is 1. The number of likely N-dealkylation sites (tertiary alicyclic amines) is 1. The van der Waals surface area contributed by atoms with E-state index in [2.05, 4.69) is 32.4 Å². The molecule has 2 aromatic rings. The highest BCUT2D eigenvalue weighted by Crippen LogP contribution is 2.26. The van der Waals surface area contributed by atoms with Crippen molar-refractivity contribution in [1.29, 1.82) is 0 Å². The SMILES string of the molecule is CCc1nc(C2CCN(C(=O)c3cnnn3CC)CC2)n[nH]1. The van der Waals surface area contributed by atoms with Crippen LogP contribution in [0.1, 0.15) is 54.7 Å². The van der Waals surface area contributed by atoms with Crippen molar-refractivity contribution in [3.63, 3.8) is 0 Å². The van der Waals surface area contributed by atoms with E-state index in [0.29, 0.717) is 31.2 Å². The van der Waals surface area contributed by atoms with Crippen molar-refractivity contribution in [3.05, 3.63) is 23.5 Å². The summed E-state index contributed by atoms with van der Waals surface area (Å²) < 4.78 is 1.64. The van der Waals surface area contributed by atoms with Crippen molar-refractivity contribution in [2.45, 2.75) is 45.6 Å². The van der Waals surface area contributed by atoms with Gasteiger partial charge in [0.05, 0.1) is 6.20 Å². The van der Waals surface area contributed by atoms with Gasteiger partial charge in [-0.2, -0.15) is 5.10 Å². The third-order valence-electron chi connectivity index (χ3n) is 4.17. The van der Waals surface area contributed by atoms with Gasteiger partial charge >= 0.3 is 0 Å². The molecule has 1 aliphatic rings. The molecule has 0 saturated carbocycles. The molecule has 1 saturated heterocycles. The molecule has 0 bridgehead atoms. The second-order valence-electron chi connectivity index (χ2n) is 5.50. The van der Waals surface area contributed by atoms with Crippen molar-refractivity contribution in [1.82, 2.24) is 35.1 Å². The maximum atomic E-state index is 12.5. The van der Waals surface area contributed by atoms with Crippen LogP contribution in [-0.4, -0.2) is 54.1 Å². The number of piperidine rings is 1. The first-order chi connectivity index (χ1) is 10.7. The third kappa shape index (κ3) is 2.72. The molecule has 1 amide bonds. The average molecular weight is 303 g/mol. The fourth-order valence-corrected chi connectivity index (χ4v) is 2.81. The van der Waals surface area contributed by atoms with E-state index in [4.69, 9.17) is 0 Å². The smallest absolute Gasteiger partial charge is 0.273 e. The fraction of sp³-hybridized carbons (Fsp3) is 0.643. The summed E-state index contributed by atoms with van der Waals surface area (Å²) in [7, 11) is 0. The normalized spacial score (nSPS) is 16.2. The lowest BCUT2D eigenvalue weighted by Crippen LogP contribution is -2.39. The Hall–Kier alpha value is -2.25. The summed E-state index contributed by atoms with van der Waals surface area (Å²) in [4.78, 5) is 18.9. The van der Waals surface area contributed by atoms with E-state index in [1.165, 1.54) is 0 Å². The minimum Gasteiger partial charge on any atom is -0.337 e. The van der Waals surface area contributed by atoms with E-state index in [9.17, 15) is 4.79 Å². The molecule has 0 unspecified atom stereocenters. The van der Waals surface area contributed by atoms with Crippen molar-refractivity contribution < 1.29 is 4.79 Å². The van der Waals surface area contributed by atoms with Crippen LogP contribution in [0.3, 0.4) is 0 Å². The summed E-state index contributed by atoms with van der Waals surface area (Å²) in [5.74, 6) is 2.14. The minimum atomic E-state index is 0.00883. The number of carbonyl (C=O) groups excluding carboxylic acids is 1. The topological polar surface area (TPSA) is 92.6 Å². The van der Waals surface area contributed by atoms with E-state index in [1.54, 1.807) is 10.9 Å². The molecule has 1 aliphatic heterocycles. The molecular weight excluding hydrogens is 282 g/mol. The predicted octanol–water partition coefficient (Wildman–Crippen LogP) is 0.998. The van der Waals surface area contributed by atoms with E-state index < -0.39 is 0 Å². The molecule has 2 aromatic heterocycles. The van der Waals surface area contributed by atoms with Gasteiger partial charge in [0, 0.05) is 32.0 Å². The molecule has 22 heavy (non-hydrogen) atoms. The zero-order valence-corrected chi connectivity index (χ0v) is 13.0. The van der Waals surface area contributed by atoms with Gasteiger partial charge in [0.25, 0.3) is 5.91 Å². The molecule has 3 heterocycles. The van der Waals surface area contributed by atoms with Gasteiger partial charge < -0.3 is 4.90 Å². The molecule has 0 spiro atoms. The van der Waals surface area contributed by atoms with Gasteiger partial charge in [-0.3, -0.25) is 9.89 Å². The maximum Gasteiger partial charge on any atom is 0.273 e. The number of hydrogen-bond acceptors (Lipinski definition) is 5. The molecule has 0 atom stereocenters. The predicted molar refractivity (Wildman–Crippen MR) is 79.3 cm³/mol. The Morgan fingerprint density at radius 2 is 2.14 bits per heavy atom. The van der Waals surface area contributed by atoms with Crippen LogP contribution in [-0.2, 0) is 13.0 Å². The van der Waals surface area contributed by atoms with Crippen LogP contribution in [0.15, 0.2) is 6.20 Å². The minimum absolute atomic E-state index is 0.00883. The average Bonchev–Trinajstić information content (AvgIpc) is 3.23. The van der Waals surface area contributed by atoms with Gasteiger partial charge in [-0.25, -0.2) is 9.67 Å². The summed E-state index contributed by atoms with van der Waals surface area (Å²) >= 11 is 0. The molecule has 0 aliphatic carbocycles. The Morgan fingerprint density at radius 1 is 1.36 bits per heavy atom. The number of nitrogens with one attached hydrogen (secondary N) is 1. The monoisotopic (exact) mass is 303 g/mol. The Bertz CT molecular complexity index is 639. The second kappa shape index (κ2) is 6.25. The Kier molecular flexibility index (Phi) is 4.17. The summed E-state index contributed by atoms with van der Waals surface area (Å²) in [5.41, 5.74) is 0.562. The van der Waals surface area contributed by atoms with Crippen LogP contribution in [0.4, 0.5) is 0 Å². The summed E-state index contributed by atoms with van der Waals surface area (Å²) in [6.45, 7) is 6.08. The van der Waals surface area contributed by atoms with E-state index in [0.717, 1.165) is 30.9 Å². The lowest BCUT2D eigenvalue weighted by molar-refractivity contribution is 0.0698. The van der Waals surface area contributed by atoms with Crippen LogP contribution in [0.25, 0.3) is 0 Å². The highest BCUT2D eigenvalue weighted by atomic mass is 16.2. The highest BCUT2D eigenvalue weighted by molar-refractivity contribution is 5.92. The Labute approximate surface area is 128 Å². The van der Waals surface area contributed by atoms with Gasteiger partial charge in [-0.15, -0.1) is 5.10 Å². The largest absolute Gasteiger partial charge is 0.337 e. The van der Waals surface area contributed by atoms with Gasteiger partial charge in [-0.1, -0.05) is 12.1 Å². The first kappa shape index (κ1) is 14.7. The first-order valence-corrected chi connectivity index (χ1v) is 7.81. The van der Waals surface area contributed by atoms with Crippen molar-refractivity contribution in [2.75, 3.05) is 13.1 Å². The molecule has 1 fully saturated rings. The molecule has 118 valence electrons. The number of aryl methyl sites for hydroxylation is 2. The molecule has 3 rings (SSSR count). The van der Waals surface area contributed by atoms with E-state index in [-0.39, 0.29) is 5.91 Å². The van der Waals surface area contributed by atoms with Crippen molar-refractivity contribution in [2.24, 2.45) is 0 Å². The zero-order chi connectivity index (χ0) is 15.5. The number of rotatable bonds is 4. The lowest BCUT2D eigenvalue weighted by Gasteiger charge is -2.30. The maximum absolute atomic E-state index is 12.5. The number of amides is 1. The molecule has 8 heteroatoms. The summed E-state index contributed by atoms with van der Waals surface area (Å²) in [6.07, 6.45) is 4.18. The number of nitrogens with zero attached hydrogens (tertiary/aromatic N) is 6. The van der Waals surface area contributed by atoms with Crippen molar-refractivity contribution >= 4 is 5.91 Å². The van der Waals surface area contributed by atoms with Crippen LogP contribution in [0.5, 0.6) is 0 Å². The number of aromatic amines is 1. The number of carbonyl (C=O) groups is 1. The van der Waals surface area contributed by atoms with Crippen molar-refractivity contribution in [3.8, 4) is 0 Å². The Balaban J connectivity index is 1.63. The van der Waals surface area contributed by atoms with Crippen LogP contribution < -0.4 is 0 Å². The highest BCUT2D eigenvalue weighted by Gasteiger charge is 2.28. The van der Waals surface area contributed by atoms with E-state index >= 15 is 0 Å². The summed E-state index contributed by atoms with van der Waals surface area (Å²) in [5, 5.41) is 15.0. The fourth-order valence-electron chi connectivity index (χ4n) is 2.81. The quantitative estimate of drug-likeness (QED) is 0.909. The van der Waals surface area contributed by atoms with Crippen LogP contribution in [0, 0.1) is 0 Å². The van der Waals surface area contributed by atoms with Gasteiger partial charge in [0.1, 0.15) is 11.5 Å². The van der Waals surface area contributed by atoms with E-state index in [1.807, 2.05) is 11.8 Å². The molecule has 0 radical (unpaired) electrons. The standard InChI is InChI=1S/C14H21N7O/c1-3-12-16-13(18-17-12)10-5-7-20(8-6-10)14(22)11-9-15-19-21(11)4-2/h9-10H,3-8H2,1-2H3,(H,16,17,18). The number of H-pyrrole nitrogens is 1. The molecule has 0 aromatic carbocycles. The summed E-state index contributed by atoms with van der Waals surface area (Å²) in [6, 6.07) is 0. The second-order valence-corrected chi connectivity index (χ2v) is 5.50. The zero-order valence-electron chi connectivity index (χ0n) is 13.0. The van der Waals surface area contributed by atoms with Gasteiger partial charge in [-0.05, 0) is 19.8 Å². The number of aromatic nitrogens is 6.